The Morgan fingerprint density at radius 1 is 1.15 bits per heavy atom. The zero-order chi connectivity index (χ0) is 19.2. The summed E-state index contributed by atoms with van der Waals surface area (Å²) in [6.45, 7) is 7.29. The number of carbonyl (C=O) groups is 1. The first-order chi connectivity index (χ1) is 12.8. The number of nitrogens with zero attached hydrogens (tertiary/aromatic N) is 3. The Hall–Kier alpha value is -2.41. The molecule has 27 heavy (non-hydrogen) atoms. The number of rotatable bonds is 1. The third-order valence-corrected chi connectivity index (χ3v) is 5.75. The van der Waals surface area contributed by atoms with E-state index in [0.29, 0.717) is 20.9 Å². The molecular formula is C20H23N3O3S. The van der Waals surface area contributed by atoms with E-state index < -0.39 is 11.7 Å². The fourth-order valence-corrected chi connectivity index (χ4v) is 4.66. The molecule has 3 heterocycles. The van der Waals surface area contributed by atoms with E-state index in [-0.39, 0.29) is 5.56 Å². The maximum absolute atomic E-state index is 13.0. The van der Waals surface area contributed by atoms with Crippen molar-refractivity contribution in [2.45, 2.75) is 45.6 Å². The topological polar surface area (TPSA) is 64.4 Å². The standard InChI is InChI=1S/C20H23N3O3S/c1-20(2,3)26-19(25)23-14-10-6-5-9-13(14)15-16(24)21-18(27-17(15)23)22-11-7-4-8-12-22/h5-6,9-10H,4,7-8,11-12H2,1-3H3. The Morgan fingerprint density at radius 3 is 2.56 bits per heavy atom. The smallest absolute Gasteiger partial charge is 0.420 e. The number of anilines is 1. The van der Waals surface area contributed by atoms with Crippen LogP contribution in [0.15, 0.2) is 29.1 Å². The summed E-state index contributed by atoms with van der Waals surface area (Å²) in [6, 6.07) is 7.42. The van der Waals surface area contributed by atoms with Gasteiger partial charge in [0.05, 0.1) is 10.9 Å². The quantitative estimate of drug-likeness (QED) is 0.622. The SMILES string of the molecule is CC(C)(C)OC(=O)n1c2ccccc2c2c(=O)nc(N3CCCCC3)sc21. The zero-order valence-electron chi connectivity index (χ0n) is 15.8. The van der Waals surface area contributed by atoms with Crippen LogP contribution in [-0.2, 0) is 4.74 Å². The van der Waals surface area contributed by atoms with Crippen LogP contribution in [0.5, 0.6) is 0 Å². The van der Waals surface area contributed by atoms with Gasteiger partial charge >= 0.3 is 6.09 Å². The van der Waals surface area contributed by atoms with Gasteiger partial charge < -0.3 is 9.64 Å². The lowest BCUT2D eigenvalue weighted by Gasteiger charge is -2.26. The third-order valence-electron chi connectivity index (χ3n) is 4.63. The summed E-state index contributed by atoms with van der Waals surface area (Å²) in [5.74, 6) is 0. The highest BCUT2D eigenvalue weighted by Gasteiger charge is 2.25. The Balaban J connectivity index is 1.97. The van der Waals surface area contributed by atoms with Gasteiger partial charge in [-0.2, -0.15) is 4.98 Å². The second-order valence-electron chi connectivity index (χ2n) is 7.86. The largest absolute Gasteiger partial charge is 0.443 e. The van der Waals surface area contributed by atoms with Crippen molar-refractivity contribution in [3.8, 4) is 0 Å². The molecule has 0 amide bonds. The Labute approximate surface area is 161 Å². The van der Waals surface area contributed by atoms with Crippen molar-refractivity contribution in [2.75, 3.05) is 18.0 Å². The molecule has 1 aromatic carbocycles. The number of aromatic nitrogens is 2. The Kier molecular flexibility index (Phi) is 4.42. The minimum atomic E-state index is -0.623. The maximum Gasteiger partial charge on any atom is 0.420 e. The summed E-state index contributed by atoms with van der Waals surface area (Å²) in [4.78, 5) is 32.9. The van der Waals surface area contributed by atoms with Crippen LogP contribution in [0, 0.1) is 0 Å². The average Bonchev–Trinajstić information content (AvgIpc) is 2.95. The van der Waals surface area contributed by atoms with Crippen LogP contribution in [-0.4, -0.2) is 34.3 Å². The Morgan fingerprint density at radius 2 is 1.85 bits per heavy atom. The molecule has 0 unspecified atom stereocenters. The predicted octanol–water partition coefficient (Wildman–Crippen LogP) is 4.38. The number of hydrogen-bond acceptors (Lipinski definition) is 6. The molecule has 3 aromatic rings. The number of hydrogen-bond donors (Lipinski definition) is 0. The molecule has 1 fully saturated rings. The molecule has 7 heteroatoms. The van der Waals surface area contributed by atoms with Gasteiger partial charge in [0, 0.05) is 18.5 Å². The van der Waals surface area contributed by atoms with E-state index in [1.54, 1.807) is 0 Å². The van der Waals surface area contributed by atoms with Crippen LogP contribution in [0.25, 0.3) is 21.1 Å². The summed E-state index contributed by atoms with van der Waals surface area (Å²) in [5, 5.41) is 1.90. The lowest BCUT2D eigenvalue weighted by molar-refractivity contribution is 0.0552. The van der Waals surface area contributed by atoms with E-state index in [2.05, 4.69) is 9.88 Å². The van der Waals surface area contributed by atoms with E-state index in [1.807, 2.05) is 45.0 Å². The summed E-state index contributed by atoms with van der Waals surface area (Å²) in [7, 11) is 0. The molecule has 142 valence electrons. The van der Waals surface area contributed by atoms with Gasteiger partial charge in [-0.25, -0.2) is 9.36 Å². The maximum atomic E-state index is 13.0. The molecule has 0 spiro atoms. The van der Waals surface area contributed by atoms with Gasteiger partial charge in [-0.15, -0.1) is 0 Å². The third kappa shape index (κ3) is 3.32. The van der Waals surface area contributed by atoms with Crippen LogP contribution >= 0.6 is 11.3 Å². The second kappa shape index (κ2) is 6.64. The molecule has 2 aromatic heterocycles. The van der Waals surface area contributed by atoms with Crippen molar-refractivity contribution in [1.29, 1.82) is 0 Å². The monoisotopic (exact) mass is 385 g/mol. The van der Waals surface area contributed by atoms with Gasteiger partial charge in [-0.3, -0.25) is 4.79 Å². The van der Waals surface area contributed by atoms with Crippen LogP contribution in [0.1, 0.15) is 40.0 Å². The van der Waals surface area contributed by atoms with Gasteiger partial charge in [0.25, 0.3) is 5.56 Å². The molecule has 1 aliphatic heterocycles. The second-order valence-corrected chi connectivity index (χ2v) is 8.82. The fraction of sp³-hybridized carbons (Fsp3) is 0.450. The van der Waals surface area contributed by atoms with Crippen molar-refractivity contribution in [3.05, 3.63) is 34.6 Å². The highest BCUT2D eigenvalue weighted by molar-refractivity contribution is 7.21. The number of benzene rings is 1. The first kappa shape index (κ1) is 18.0. The van der Waals surface area contributed by atoms with Gasteiger partial charge in [-0.05, 0) is 46.1 Å². The van der Waals surface area contributed by atoms with Crippen molar-refractivity contribution < 1.29 is 9.53 Å². The van der Waals surface area contributed by atoms with Gasteiger partial charge in [-0.1, -0.05) is 29.5 Å². The van der Waals surface area contributed by atoms with Crippen molar-refractivity contribution in [3.63, 3.8) is 0 Å². The minimum Gasteiger partial charge on any atom is -0.443 e. The number of ether oxygens (including phenoxy) is 1. The van der Waals surface area contributed by atoms with E-state index in [0.717, 1.165) is 31.3 Å². The number of carbonyl (C=O) groups excluding carboxylic acids is 1. The molecule has 0 bridgehead atoms. The molecule has 1 aliphatic rings. The summed E-state index contributed by atoms with van der Waals surface area (Å²) < 4.78 is 7.14. The van der Waals surface area contributed by atoms with Crippen LogP contribution in [0.2, 0.25) is 0 Å². The van der Waals surface area contributed by atoms with E-state index in [4.69, 9.17) is 4.74 Å². The molecule has 0 N–H and O–H groups in total. The van der Waals surface area contributed by atoms with E-state index >= 15 is 0 Å². The molecule has 0 atom stereocenters. The Bertz CT molecular complexity index is 1070. The summed E-state index contributed by atoms with van der Waals surface area (Å²) >= 11 is 1.39. The van der Waals surface area contributed by atoms with Crippen LogP contribution in [0.4, 0.5) is 9.93 Å². The van der Waals surface area contributed by atoms with Gasteiger partial charge in [0.15, 0.2) is 5.13 Å². The molecule has 4 rings (SSSR count). The van der Waals surface area contributed by atoms with E-state index in [9.17, 15) is 9.59 Å². The highest BCUT2D eigenvalue weighted by Crippen LogP contribution is 2.33. The summed E-state index contributed by atoms with van der Waals surface area (Å²) in [5.41, 5.74) is -0.238. The fourth-order valence-electron chi connectivity index (χ4n) is 3.48. The van der Waals surface area contributed by atoms with Crippen LogP contribution < -0.4 is 10.5 Å². The molecule has 0 saturated carbocycles. The van der Waals surface area contributed by atoms with Crippen molar-refractivity contribution >= 4 is 43.7 Å². The normalized spacial score (nSPS) is 15.4. The van der Waals surface area contributed by atoms with Crippen molar-refractivity contribution in [1.82, 2.24) is 9.55 Å². The first-order valence-electron chi connectivity index (χ1n) is 9.28. The molecule has 0 aliphatic carbocycles. The lowest BCUT2D eigenvalue weighted by atomic mass is 10.1. The summed E-state index contributed by atoms with van der Waals surface area (Å²) in [6.07, 6.45) is 2.91. The number of piperidine rings is 1. The highest BCUT2D eigenvalue weighted by atomic mass is 32.1. The van der Waals surface area contributed by atoms with Crippen molar-refractivity contribution in [2.24, 2.45) is 0 Å². The van der Waals surface area contributed by atoms with E-state index in [1.165, 1.54) is 22.3 Å². The van der Waals surface area contributed by atoms with Gasteiger partial charge in [0.1, 0.15) is 10.4 Å². The van der Waals surface area contributed by atoms with Crippen LogP contribution in [0.3, 0.4) is 0 Å². The first-order valence-corrected chi connectivity index (χ1v) is 10.1. The number of para-hydroxylation sites is 1. The molecular weight excluding hydrogens is 362 g/mol. The predicted molar refractivity (Wildman–Crippen MR) is 109 cm³/mol. The lowest BCUT2D eigenvalue weighted by Crippen LogP contribution is -2.31. The average molecular weight is 385 g/mol. The minimum absolute atomic E-state index is 0.289. The molecule has 0 radical (unpaired) electrons. The molecule has 1 saturated heterocycles. The zero-order valence-corrected chi connectivity index (χ0v) is 16.6. The van der Waals surface area contributed by atoms with Gasteiger partial charge in [0.2, 0.25) is 0 Å². The molecule has 6 nitrogen and oxygen atoms in total. The number of fused-ring (bicyclic) bond motifs is 3.